The SMILES string of the molecule is COc1ccc2c(C)c(CC(=O)N[C@@H](CSC)C(=O)O)c(=O)oc2c1OC. The van der Waals surface area contributed by atoms with Gasteiger partial charge in [0.1, 0.15) is 6.04 Å². The molecule has 1 amide bonds. The summed E-state index contributed by atoms with van der Waals surface area (Å²) in [5.41, 5.74) is 0.280. The number of fused-ring (bicyclic) bond motifs is 1. The molecule has 0 aliphatic carbocycles. The van der Waals surface area contributed by atoms with Crippen LogP contribution in [0.25, 0.3) is 11.0 Å². The Morgan fingerprint density at radius 1 is 1.30 bits per heavy atom. The first-order valence-corrected chi connectivity index (χ1v) is 9.41. The highest BCUT2D eigenvalue weighted by Crippen LogP contribution is 2.36. The Kier molecular flexibility index (Phi) is 6.73. The first kappa shape index (κ1) is 20.6. The molecule has 2 aromatic rings. The highest BCUT2D eigenvalue weighted by atomic mass is 32.2. The number of aliphatic carboxylic acids is 1. The second-order valence-corrected chi connectivity index (χ2v) is 6.67. The summed E-state index contributed by atoms with van der Waals surface area (Å²) in [4.78, 5) is 35.9. The van der Waals surface area contributed by atoms with E-state index in [2.05, 4.69) is 5.32 Å². The molecular weight excluding hydrogens is 374 g/mol. The number of carboxylic acid groups (broad SMARTS) is 1. The summed E-state index contributed by atoms with van der Waals surface area (Å²) >= 11 is 1.30. The van der Waals surface area contributed by atoms with Crippen LogP contribution < -0.4 is 20.4 Å². The Hall–Kier alpha value is -2.68. The minimum atomic E-state index is -1.13. The van der Waals surface area contributed by atoms with Crippen LogP contribution in [0.4, 0.5) is 0 Å². The van der Waals surface area contributed by atoms with Gasteiger partial charge >= 0.3 is 11.6 Å². The summed E-state index contributed by atoms with van der Waals surface area (Å²) in [6.45, 7) is 1.70. The van der Waals surface area contributed by atoms with Crippen LogP contribution in [0.1, 0.15) is 11.1 Å². The summed E-state index contributed by atoms with van der Waals surface area (Å²) < 4.78 is 15.9. The number of rotatable bonds is 8. The molecule has 2 N–H and O–H groups in total. The number of hydrogen-bond acceptors (Lipinski definition) is 7. The topological polar surface area (TPSA) is 115 Å². The maximum atomic E-state index is 12.4. The number of nitrogens with one attached hydrogen (secondary N) is 1. The van der Waals surface area contributed by atoms with Crippen molar-refractivity contribution in [1.29, 1.82) is 0 Å². The fourth-order valence-corrected chi connectivity index (χ4v) is 3.28. The van der Waals surface area contributed by atoms with Gasteiger partial charge in [-0.25, -0.2) is 9.59 Å². The minimum absolute atomic E-state index is 0.167. The second-order valence-electron chi connectivity index (χ2n) is 5.76. The number of hydrogen-bond donors (Lipinski definition) is 2. The molecule has 9 heteroatoms. The Balaban J connectivity index is 2.41. The summed E-state index contributed by atoms with van der Waals surface area (Å²) in [6.07, 6.45) is 1.46. The van der Waals surface area contributed by atoms with Gasteiger partial charge in [-0.15, -0.1) is 0 Å². The normalized spacial score (nSPS) is 11.9. The Morgan fingerprint density at radius 2 is 2.00 bits per heavy atom. The smallest absolute Gasteiger partial charge is 0.340 e. The van der Waals surface area contributed by atoms with Gasteiger partial charge in [0.25, 0.3) is 0 Å². The van der Waals surface area contributed by atoms with Crippen LogP contribution in [0.5, 0.6) is 11.5 Å². The van der Waals surface area contributed by atoms with Gasteiger partial charge in [-0.2, -0.15) is 11.8 Å². The van der Waals surface area contributed by atoms with Gasteiger partial charge in [-0.3, -0.25) is 4.79 Å². The Morgan fingerprint density at radius 3 is 2.56 bits per heavy atom. The monoisotopic (exact) mass is 395 g/mol. The molecule has 1 atom stereocenters. The average molecular weight is 395 g/mol. The lowest BCUT2D eigenvalue weighted by Gasteiger charge is -2.15. The Bertz CT molecular complexity index is 922. The third-order valence-electron chi connectivity index (χ3n) is 4.10. The summed E-state index contributed by atoms with van der Waals surface area (Å²) in [7, 11) is 2.91. The number of methoxy groups -OCH3 is 2. The lowest BCUT2D eigenvalue weighted by molar-refractivity contribution is -0.141. The molecule has 0 spiro atoms. The molecule has 146 valence electrons. The molecule has 0 saturated heterocycles. The van der Waals surface area contributed by atoms with Crippen LogP contribution >= 0.6 is 11.8 Å². The molecule has 2 rings (SSSR count). The highest BCUT2D eigenvalue weighted by molar-refractivity contribution is 7.98. The van der Waals surface area contributed by atoms with E-state index >= 15 is 0 Å². The van der Waals surface area contributed by atoms with Crippen molar-refractivity contribution in [1.82, 2.24) is 5.32 Å². The van der Waals surface area contributed by atoms with E-state index in [0.717, 1.165) is 0 Å². The third kappa shape index (κ3) is 4.36. The molecule has 0 aliphatic heterocycles. The van der Waals surface area contributed by atoms with Gasteiger partial charge in [-0.05, 0) is 30.9 Å². The quantitative estimate of drug-likeness (QED) is 0.648. The third-order valence-corrected chi connectivity index (χ3v) is 4.77. The van der Waals surface area contributed by atoms with E-state index in [-0.39, 0.29) is 29.1 Å². The zero-order valence-electron chi connectivity index (χ0n) is 15.5. The molecule has 0 fully saturated rings. The van der Waals surface area contributed by atoms with Crippen molar-refractivity contribution in [2.24, 2.45) is 0 Å². The number of ether oxygens (including phenoxy) is 2. The number of carbonyl (C=O) groups excluding carboxylic acids is 1. The molecule has 0 unspecified atom stereocenters. The van der Waals surface area contributed by atoms with Crippen molar-refractivity contribution in [2.75, 3.05) is 26.2 Å². The fourth-order valence-electron chi connectivity index (χ4n) is 2.72. The molecule has 8 nitrogen and oxygen atoms in total. The van der Waals surface area contributed by atoms with Crippen LogP contribution in [0.2, 0.25) is 0 Å². The van der Waals surface area contributed by atoms with Gasteiger partial charge in [0.2, 0.25) is 11.7 Å². The van der Waals surface area contributed by atoms with E-state index in [9.17, 15) is 14.4 Å². The number of amides is 1. The number of aryl methyl sites for hydroxylation is 1. The van der Waals surface area contributed by atoms with Gasteiger partial charge in [-0.1, -0.05) is 0 Å². The van der Waals surface area contributed by atoms with Crippen molar-refractivity contribution in [2.45, 2.75) is 19.4 Å². The van der Waals surface area contributed by atoms with Crippen LogP contribution in [0.15, 0.2) is 21.3 Å². The molecule has 0 radical (unpaired) electrons. The number of carboxylic acids is 1. The maximum Gasteiger partial charge on any atom is 0.340 e. The number of carbonyl (C=O) groups is 2. The van der Waals surface area contributed by atoms with Crippen LogP contribution in [-0.4, -0.2) is 49.3 Å². The van der Waals surface area contributed by atoms with Gasteiger partial charge < -0.3 is 24.3 Å². The molecule has 1 aromatic carbocycles. The summed E-state index contributed by atoms with van der Waals surface area (Å²) in [5, 5.41) is 12.2. The molecule has 0 bridgehead atoms. The van der Waals surface area contributed by atoms with E-state index in [4.69, 9.17) is 19.0 Å². The van der Waals surface area contributed by atoms with Crippen LogP contribution in [0, 0.1) is 6.92 Å². The molecule has 1 aromatic heterocycles. The van der Waals surface area contributed by atoms with Crippen molar-refractivity contribution < 1.29 is 28.6 Å². The van der Waals surface area contributed by atoms with E-state index in [0.29, 0.717) is 16.7 Å². The van der Waals surface area contributed by atoms with Crippen LogP contribution in [-0.2, 0) is 16.0 Å². The van der Waals surface area contributed by atoms with E-state index in [1.807, 2.05) is 0 Å². The largest absolute Gasteiger partial charge is 0.493 e. The van der Waals surface area contributed by atoms with Gasteiger partial charge in [0.15, 0.2) is 11.3 Å². The lowest BCUT2D eigenvalue weighted by Crippen LogP contribution is -2.43. The van der Waals surface area contributed by atoms with Crippen LogP contribution in [0.3, 0.4) is 0 Å². The predicted octanol–water partition coefficient (Wildman–Crippen LogP) is 1.59. The maximum absolute atomic E-state index is 12.4. The van der Waals surface area contributed by atoms with E-state index in [1.165, 1.54) is 26.0 Å². The Labute approximate surface area is 159 Å². The second kappa shape index (κ2) is 8.81. The van der Waals surface area contributed by atoms with E-state index < -0.39 is 23.5 Å². The van der Waals surface area contributed by atoms with E-state index in [1.54, 1.807) is 25.3 Å². The van der Waals surface area contributed by atoms with Gasteiger partial charge in [0.05, 0.1) is 26.2 Å². The lowest BCUT2D eigenvalue weighted by atomic mass is 10.0. The molecule has 1 heterocycles. The first-order valence-electron chi connectivity index (χ1n) is 8.02. The number of benzene rings is 1. The molecular formula is C18H21NO7S. The summed E-state index contributed by atoms with van der Waals surface area (Å²) in [6, 6.07) is 2.37. The van der Waals surface area contributed by atoms with Crippen molar-refractivity contribution in [3.63, 3.8) is 0 Å². The standard InChI is InChI=1S/C18H21NO7S/c1-9-10-5-6-13(24-2)16(25-3)15(10)26-18(23)11(9)7-14(20)19-12(8-27-4)17(21)22/h5-6,12H,7-8H2,1-4H3,(H,19,20)(H,21,22)/t12-/m0/s1. The fraction of sp³-hybridized carbons (Fsp3) is 0.389. The predicted molar refractivity (Wildman–Crippen MR) is 102 cm³/mol. The zero-order valence-corrected chi connectivity index (χ0v) is 16.3. The van der Waals surface area contributed by atoms with Crippen molar-refractivity contribution >= 4 is 34.6 Å². The first-order chi connectivity index (χ1) is 12.8. The zero-order chi connectivity index (χ0) is 20.1. The molecule has 0 saturated carbocycles. The van der Waals surface area contributed by atoms with Crippen molar-refractivity contribution in [3.05, 3.63) is 33.7 Å². The van der Waals surface area contributed by atoms with Gasteiger partial charge in [0, 0.05) is 11.1 Å². The minimum Gasteiger partial charge on any atom is -0.493 e. The average Bonchev–Trinajstić information content (AvgIpc) is 2.63. The molecule has 27 heavy (non-hydrogen) atoms. The molecule has 0 aliphatic rings. The highest BCUT2D eigenvalue weighted by Gasteiger charge is 2.23. The van der Waals surface area contributed by atoms with Crippen molar-refractivity contribution in [3.8, 4) is 11.5 Å². The number of thioether (sulfide) groups is 1. The summed E-state index contributed by atoms with van der Waals surface area (Å²) in [5.74, 6) is -0.761.